The number of amides is 1. The maximum Gasteiger partial charge on any atom is 0.261 e. The Bertz CT molecular complexity index is 800. The van der Waals surface area contributed by atoms with Crippen LogP contribution in [0.1, 0.15) is 35.1 Å². The number of nitrogens with zero attached hydrogens (tertiary/aromatic N) is 1. The van der Waals surface area contributed by atoms with Crippen LogP contribution in [0.5, 0.6) is 0 Å². The molecule has 0 atom stereocenters. The van der Waals surface area contributed by atoms with Gasteiger partial charge in [0.1, 0.15) is 5.00 Å². The number of hydrogen-bond acceptors (Lipinski definition) is 2. The van der Waals surface area contributed by atoms with Crippen molar-refractivity contribution in [2.24, 2.45) is 0 Å². The molecule has 0 spiro atoms. The Morgan fingerprint density at radius 2 is 2.05 bits per heavy atom. The third-order valence-corrected chi connectivity index (χ3v) is 4.82. The summed E-state index contributed by atoms with van der Waals surface area (Å²) < 4.78 is 2.21. The van der Waals surface area contributed by atoms with Gasteiger partial charge in [0.05, 0.1) is 10.4 Å². The van der Waals surface area contributed by atoms with Crippen LogP contribution in [-0.4, -0.2) is 17.0 Å². The average molecular weight is 312 g/mol. The summed E-state index contributed by atoms with van der Waals surface area (Å²) in [5, 5.41) is 5.28. The molecule has 0 aliphatic heterocycles. The topological polar surface area (TPSA) is 34.0 Å². The van der Waals surface area contributed by atoms with Crippen molar-refractivity contribution in [2.45, 2.75) is 26.7 Å². The number of fused-ring (bicyclic) bond motifs is 1. The van der Waals surface area contributed by atoms with E-state index in [1.807, 2.05) is 24.3 Å². The van der Waals surface area contributed by atoms with Crippen molar-refractivity contribution in [2.75, 3.05) is 6.54 Å². The lowest BCUT2D eigenvalue weighted by Gasteiger charge is -2.05. The molecular formula is C18H20N2OS. The number of rotatable bonds is 5. The summed E-state index contributed by atoms with van der Waals surface area (Å²) in [7, 11) is 0. The molecule has 114 valence electrons. The van der Waals surface area contributed by atoms with Crippen molar-refractivity contribution in [3.8, 4) is 5.00 Å². The van der Waals surface area contributed by atoms with Crippen LogP contribution in [0.2, 0.25) is 0 Å². The summed E-state index contributed by atoms with van der Waals surface area (Å²) in [4.78, 5) is 12.9. The van der Waals surface area contributed by atoms with E-state index >= 15 is 0 Å². The third kappa shape index (κ3) is 2.79. The zero-order valence-corrected chi connectivity index (χ0v) is 13.7. The minimum atomic E-state index is 0.0267. The molecule has 2 aromatic heterocycles. The highest BCUT2D eigenvalue weighted by Crippen LogP contribution is 2.28. The van der Waals surface area contributed by atoms with E-state index in [1.54, 1.807) is 0 Å². The standard InChI is InChI=1S/C18H20N2OS/c1-3-4-11-19-18(21)16-9-10-17(22-16)20-13(2)12-14-7-5-6-8-15(14)20/h5-10,12H,3-4,11H2,1-2H3,(H,19,21). The number of aromatic nitrogens is 1. The largest absolute Gasteiger partial charge is 0.351 e. The molecule has 3 rings (SSSR count). The van der Waals surface area contributed by atoms with Gasteiger partial charge in [-0.15, -0.1) is 11.3 Å². The average Bonchev–Trinajstić information content (AvgIpc) is 3.10. The number of nitrogens with one attached hydrogen (secondary N) is 1. The van der Waals surface area contributed by atoms with Crippen LogP contribution in [0.3, 0.4) is 0 Å². The van der Waals surface area contributed by atoms with E-state index in [-0.39, 0.29) is 5.91 Å². The first kappa shape index (κ1) is 14.9. The number of benzene rings is 1. The molecule has 0 aliphatic rings. The van der Waals surface area contributed by atoms with Crippen LogP contribution in [0.15, 0.2) is 42.5 Å². The van der Waals surface area contributed by atoms with Gasteiger partial charge in [0.2, 0.25) is 0 Å². The predicted molar refractivity (Wildman–Crippen MR) is 93.1 cm³/mol. The summed E-state index contributed by atoms with van der Waals surface area (Å²) in [6.07, 6.45) is 2.11. The Morgan fingerprint density at radius 1 is 1.23 bits per heavy atom. The van der Waals surface area contributed by atoms with E-state index in [1.165, 1.54) is 27.9 Å². The highest BCUT2D eigenvalue weighted by molar-refractivity contribution is 7.16. The molecule has 1 aromatic carbocycles. The molecule has 3 aromatic rings. The first-order chi connectivity index (χ1) is 10.7. The minimum absolute atomic E-state index is 0.0267. The summed E-state index contributed by atoms with van der Waals surface area (Å²) in [6.45, 7) is 4.96. The van der Waals surface area contributed by atoms with Crippen LogP contribution in [0.4, 0.5) is 0 Å². The van der Waals surface area contributed by atoms with Crippen LogP contribution in [0, 0.1) is 6.92 Å². The molecule has 0 radical (unpaired) electrons. The number of para-hydroxylation sites is 1. The van der Waals surface area contributed by atoms with E-state index in [4.69, 9.17) is 0 Å². The van der Waals surface area contributed by atoms with E-state index < -0.39 is 0 Å². The molecule has 2 heterocycles. The Hall–Kier alpha value is -2.07. The van der Waals surface area contributed by atoms with Gasteiger partial charge in [0.25, 0.3) is 5.91 Å². The number of carbonyl (C=O) groups excluding carboxylic acids is 1. The van der Waals surface area contributed by atoms with Crippen LogP contribution >= 0.6 is 11.3 Å². The monoisotopic (exact) mass is 312 g/mol. The first-order valence-corrected chi connectivity index (χ1v) is 8.48. The summed E-state index contributed by atoms with van der Waals surface area (Å²) in [5.41, 5.74) is 2.36. The fourth-order valence-electron chi connectivity index (χ4n) is 2.62. The predicted octanol–water partition coefficient (Wildman–Crippen LogP) is 4.53. The van der Waals surface area contributed by atoms with Crippen molar-refractivity contribution < 1.29 is 4.79 Å². The van der Waals surface area contributed by atoms with E-state index in [2.05, 4.69) is 41.9 Å². The second kappa shape index (κ2) is 6.36. The Balaban J connectivity index is 1.89. The quantitative estimate of drug-likeness (QED) is 0.690. The number of hydrogen-bond donors (Lipinski definition) is 1. The Kier molecular flexibility index (Phi) is 4.29. The smallest absolute Gasteiger partial charge is 0.261 e. The summed E-state index contributed by atoms with van der Waals surface area (Å²) >= 11 is 1.54. The number of unbranched alkanes of at least 4 members (excludes halogenated alkanes) is 1. The minimum Gasteiger partial charge on any atom is -0.351 e. The van der Waals surface area contributed by atoms with Gasteiger partial charge < -0.3 is 9.88 Å². The molecule has 0 aliphatic carbocycles. The molecule has 1 N–H and O–H groups in total. The molecule has 4 heteroatoms. The van der Waals surface area contributed by atoms with E-state index in [9.17, 15) is 4.79 Å². The molecule has 1 amide bonds. The third-order valence-electron chi connectivity index (χ3n) is 3.75. The van der Waals surface area contributed by atoms with Crippen molar-refractivity contribution in [3.63, 3.8) is 0 Å². The normalized spacial score (nSPS) is 11.0. The summed E-state index contributed by atoms with van der Waals surface area (Å²) in [5.74, 6) is 0.0267. The van der Waals surface area contributed by atoms with Gasteiger partial charge in [-0.3, -0.25) is 4.79 Å². The molecule has 3 nitrogen and oxygen atoms in total. The van der Waals surface area contributed by atoms with E-state index in [0.29, 0.717) is 0 Å². The maximum absolute atomic E-state index is 12.1. The zero-order valence-electron chi connectivity index (χ0n) is 12.9. The SMILES string of the molecule is CCCCNC(=O)c1ccc(-n2c(C)cc3ccccc32)s1. The van der Waals surface area contributed by atoms with Gasteiger partial charge in [-0.05, 0) is 37.6 Å². The van der Waals surface area contributed by atoms with Gasteiger partial charge in [-0.1, -0.05) is 31.5 Å². The molecule has 0 saturated carbocycles. The van der Waals surface area contributed by atoms with Gasteiger partial charge in [0.15, 0.2) is 0 Å². The van der Waals surface area contributed by atoms with Gasteiger partial charge in [-0.2, -0.15) is 0 Å². The Morgan fingerprint density at radius 3 is 2.86 bits per heavy atom. The highest BCUT2D eigenvalue weighted by atomic mass is 32.1. The van der Waals surface area contributed by atoms with Gasteiger partial charge >= 0.3 is 0 Å². The van der Waals surface area contributed by atoms with Gasteiger partial charge in [-0.25, -0.2) is 0 Å². The van der Waals surface area contributed by atoms with E-state index in [0.717, 1.165) is 29.3 Å². The molecule has 0 unspecified atom stereocenters. The molecule has 0 saturated heterocycles. The number of thiophene rings is 1. The van der Waals surface area contributed by atoms with Crippen LogP contribution < -0.4 is 5.32 Å². The van der Waals surface area contributed by atoms with Gasteiger partial charge in [0, 0.05) is 17.6 Å². The summed E-state index contributed by atoms with van der Waals surface area (Å²) in [6, 6.07) is 14.4. The highest BCUT2D eigenvalue weighted by Gasteiger charge is 2.12. The van der Waals surface area contributed by atoms with Crippen molar-refractivity contribution in [3.05, 3.63) is 53.0 Å². The van der Waals surface area contributed by atoms with Crippen molar-refractivity contribution in [1.82, 2.24) is 9.88 Å². The zero-order chi connectivity index (χ0) is 15.5. The Labute approximate surface area is 134 Å². The maximum atomic E-state index is 12.1. The van der Waals surface area contributed by atoms with Crippen molar-refractivity contribution in [1.29, 1.82) is 0 Å². The van der Waals surface area contributed by atoms with Crippen molar-refractivity contribution >= 4 is 28.1 Å². The lowest BCUT2D eigenvalue weighted by molar-refractivity contribution is 0.0957. The molecule has 0 bridgehead atoms. The number of aryl methyl sites for hydroxylation is 1. The lowest BCUT2D eigenvalue weighted by Crippen LogP contribution is -2.23. The fraction of sp³-hybridized carbons (Fsp3) is 0.278. The molecule has 22 heavy (non-hydrogen) atoms. The number of carbonyl (C=O) groups is 1. The second-order valence-corrected chi connectivity index (χ2v) is 6.49. The first-order valence-electron chi connectivity index (χ1n) is 7.66. The second-order valence-electron chi connectivity index (χ2n) is 5.43. The van der Waals surface area contributed by atoms with Crippen LogP contribution in [0.25, 0.3) is 15.9 Å². The molecule has 0 fully saturated rings. The fourth-order valence-corrected chi connectivity index (χ4v) is 3.62. The lowest BCUT2D eigenvalue weighted by atomic mass is 10.2. The van der Waals surface area contributed by atoms with Crippen LogP contribution in [-0.2, 0) is 0 Å². The molecular weight excluding hydrogens is 292 g/mol.